The fraction of sp³-hybridized carbons (Fsp3) is 0.211. The molecule has 9 heteroatoms. The lowest BCUT2D eigenvalue weighted by Crippen LogP contribution is -2.08. The standard InChI is InChI=1S/C19H18N6O2S/c1-4-27-17(26)14-7-8-16(23-22-14)20-18-21-19-25(24-18)15(10-28-19)13-6-5-11(2)9-12(13)3/h5-10H,4H2,1-3H3,(H,20,23,24). The Balaban J connectivity index is 1.59. The number of thiazole rings is 1. The molecule has 28 heavy (non-hydrogen) atoms. The Labute approximate surface area is 165 Å². The molecule has 0 aliphatic heterocycles. The van der Waals surface area contributed by atoms with E-state index >= 15 is 0 Å². The summed E-state index contributed by atoms with van der Waals surface area (Å²) in [6.07, 6.45) is 0. The first-order valence-corrected chi connectivity index (χ1v) is 9.63. The van der Waals surface area contributed by atoms with Crippen LogP contribution >= 0.6 is 11.3 Å². The predicted octanol–water partition coefficient (Wildman–Crippen LogP) is 3.78. The lowest BCUT2D eigenvalue weighted by atomic mass is 10.0. The van der Waals surface area contributed by atoms with Crippen molar-refractivity contribution in [1.82, 2.24) is 24.8 Å². The maximum atomic E-state index is 11.6. The van der Waals surface area contributed by atoms with E-state index in [0.29, 0.717) is 18.4 Å². The molecule has 3 aromatic heterocycles. The average Bonchev–Trinajstić information content (AvgIpc) is 3.23. The number of hydrogen-bond donors (Lipinski definition) is 1. The zero-order chi connectivity index (χ0) is 19.7. The van der Waals surface area contributed by atoms with Crippen molar-refractivity contribution in [2.24, 2.45) is 0 Å². The number of aryl methyl sites for hydroxylation is 2. The van der Waals surface area contributed by atoms with Gasteiger partial charge in [0.05, 0.1) is 12.3 Å². The van der Waals surface area contributed by atoms with Gasteiger partial charge in [0.1, 0.15) is 0 Å². The van der Waals surface area contributed by atoms with Crippen molar-refractivity contribution in [3.63, 3.8) is 0 Å². The number of ether oxygens (including phenoxy) is 1. The molecular weight excluding hydrogens is 376 g/mol. The van der Waals surface area contributed by atoms with E-state index in [1.807, 2.05) is 9.90 Å². The number of fused-ring (bicyclic) bond motifs is 1. The predicted molar refractivity (Wildman–Crippen MR) is 107 cm³/mol. The minimum atomic E-state index is -0.500. The summed E-state index contributed by atoms with van der Waals surface area (Å²) >= 11 is 1.52. The van der Waals surface area contributed by atoms with Crippen molar-refractivity contribution in [2.75, 3.05) is 11.9 Å². The highest BCUT2D eigenvalue weighted by Gasteiger charge is 2.14. The van der Waals surface area contributed by atoms with Gasteiger partial charge in [-0.25, -0.2) is 9.31 Å². The van der Waals surface area contributed by atoms with Gasteiger partial charge in [-0.2, -0.15) is 4.98 Å². The number of anilines is 2. The van der Waals surface area contributed by atoms with Gasteiger partial charge in [0.15, 0.2) is 11.5 Å². The second-order valence-electron chi connectivity index (χ2n) is 6.22. The molecule has 3 heterocycles. The van der Waals surface area contributed by atoms with Crippen LogP contribution in [0.3, 0.4) is 0 Å². The summed E-state index contributed by atoms with van der Waals surface area (Å²) in [5.74, 6) is 0.357. The van der Waals surface area contributed by atoms with Crippen LogP contribution < -0.4 is 5.32 Å². The van der Waals surface area contributed by atoms with E-state index in [0.717, 1.165) is 16.2 Å². The average molecular weight is 394 g/mol. The van der Waals surface area contributed by atoms with Crippen LogP contribution in [0.4, 0.5) is 11.8 Å². The highest BCUT2D eigenvalue weighted by molar-refractivity contribution is 7.15. The molecule has 4 rings (SSSR count). The SMILES string of the molecule is CCOC(=O)c1ccc(Nc2nc3scc(-c4ccc(C)cc4C)n3n2)nn1. The molecule has 8 nitrogen and oxygen atoms in total. The molecule has 0 spiro atoms. The fourth-order valence-electron chi connectivity index (χ4n) is 2.85. The Morgan fingerprint density at radius 2 is 2.07 bits per heavy atom. The van der Waals surface area contributed by atoms with E-state index in [4.69, 9.17) is 4.74 Å². The van der Waals surface area contributed by atoms with Crippen molar-refractivity contribution >= 4 is 34.0 Å². The molecule has 0 unspecified atom stereocenters. The van der Waals surface area contributed by atoms with Crippen LogP contribution in [0, 0.1) is 13.8 Å². The number of rotatable bonds is 5. The topological polar surface area (TPSA) is 94.3 Å². The van der Waals surface area contributed by atoms with Gasteiger partial charge in [0.25, 0.3) is 0 Å². The third kappa shape index (κ3) is 3.44. The van der Waals surface area contributed by atoms with E-state index in [1.165, 1.54) is 22.5 Å². The second-order valence-corrected chi connectivity index (χ2v) is 7.05. The van der Waals surface area contributed by atoms with Crippen LogP contribution in [0.2, 0.25) is 0 Å². The van der Waals surface area contributed by atoms with Crippen LogP contribution in [-0.4, -0.2) is 37.4 Å². The summed E-state index contributed by atoms with van der Waals surface area (Å²) in [6, 6.07) is 9.52. The third-order valence-electron chi connectivity index (χ3n) is 4.13. The molecule has 0 amide bonds. The van der Waals surface area contributed by atoms with Crippen LogP contribution in [0.25, 0.3) is 16.2 Å². The van der Waals surface area contributed by atoms with E-state index in [1.54, 1.807) is 19.1 Å². The summed E-state index contributed by atoms with van der Waals surface area (Å²) in [4.78, 5) is 16.9. The van der Waals surface area contributed by atoms with Gasteiger partial charge >= 0.3 is 5.97 Å². The van der Waals surface area contributed by atoms with Gasteiger partial charge < -0.3 is 10.1 Å². The number of benzene rings is 1. The summed E-state index contributed by atoms with van der Waals surface area (Å²) in [6.45, 7) is 6.19. The second kappa shape index (κ2) is 7.35. The van der Waals surface area contributed by atoms with Crippen molar-refractivity contribution in [3.8, 4) is 11.3 Å². The summed E-state index contributed by atoms with van der Waals surface area (Å²) in [7, 11) is 0. The number of aromatic nitrogens is 5. The molecule has 1 N–H and O–H groups in total. The Morgan fingerprint density at radius 1 is 1.21 bits per heavy atom. The largest absolute Gasteiger partial charge is 0.461 e. The third-order valence-corrected chi connectivity index (χ3v) is 4.94. The smallest absolute Gasteiger partial charge is 0.358 e. The van der Waals surface area contributed by atoms with Crippen molar-refractivity contribution in [2.45, 2.75) is 20.8 Å². The van der Waals surface area contributed by atoms with Gasteiger partial charge in [0.2, 0.25) is 10.9 Å². The highest BCUT2D eigenvalue weighted by Crippen LogP contribution is 2.29. The summed E-state index contributed by atoms with van der Waals surface area (Å²) in [5.41, 5.74) is 4.67. The van der Waals surface area contributed by atoms with Crippen molar-refractivity contribution in [1.29, 1.82) is 0 Å². The number of carbonyl (C=O) groups excluding carboxylic acids is 1. The van der Waals surface area contributed by atoms with E-state index in [2.05, 4.69) is 57.6 Å². The molecule has 0 radical (unpaired) electrons. The lowest BCUT2D eigenvalue weighted by molar-refractivity contribution is 0.0518. The van der Waals surface area contributed by atoms with Crippen LogP contribution in [0.15, 0.2) is 35.7 Å². The van der Waals surface area contributed by atoms with Gasteiger partial charge in [-0.1, -0.05) is 23.8 Å². The Hall–Kier alpha value is -3.33. The molecule has 0 aliphatic carbocycles. The zero-order valence-corrected chi connectivity index (χ0v) is 16.4. The molecule has 0 bridgehead atoms. The maximum absolute atomic E-state index is 11.6. The maximum Gasteiger partial charge on any atom is 0.358 e. The molecule has 4 aromatic rings. The first-order valence-electron chi connectivity index (χ1n) is 8.75. The summed E-state index contributed by atoms with van der Waals surface area (Å²) in [5, 5.41) is 17.5. The van der Waals surface area contributed by atoms with Gasteiger partial charge in [0, 0.05) is 10.9 Å². The van der Waals surface area contributed by atoms with Crippen LogP contribution in [0.5, 0.6) is 0 Å². The molecule has 0 saturated heterocycles. The zero-order valence-electron chi connectivity index (χ0n) is 15.6. The van der Waals surface area contributed by atoms with E-state index < -0.39 is 5.97 Å². The highest BCUT2D eigenvalue weighted by atomic mass is 32.1. The molecule has 0 atom stereocenters. The van der Waals surface area contributed by atoms with Crippen molar-refractivity contribution in [3.05, 3.63) is 52.5 Å². The lowest BCUT2D eigenvalue weighted by Gasteiger charge is -2.05. The minimum Gasteiger partial charge on any atom is -0.461 e. The van der Waals surface area contributed by atoms with Gasteiger partial charge in [-0.05, 0) is 38.5 Å². The number of nitrogens with one attached hydrogen (secondary N) is 1. The molecule has 1 aromatic carbocycles. The van der Waals surface area contributed by atoms with Gasteiger partial charge in [-0.3, -0.25) is 0 Å². The monoisotopic (exact) mass is 394 g/mol. The molecule has 0 aliphatic rings. The first-order chi connectivity index (χ1) is 13.5. The Morgan fingerprint density at radius 3 is 2.79 bits per heavy atom. The normalized spacial score (nSPS) is 11.0. The molecular formula is C19H18N6O2S. The summed E-state index contributed by atoms with van der Waals surface area (Å²) < 4.78 is 6.71. The van der Waals surface area contributed by atoms with Crippen LogP contribution in [-0.2, 0) is 4.74 Å². The number of carbonyl (C=O) groups is 1. The number of esters is 1. The Kier molecular flexibility index (Phi) is 4.74. The van der Waals surface area contributed by atoms with E-state index in [-0.39, 0.29) is 5.69 Å². The van der Waals surface area contributed by atoms with Gasteiger partial charge in [-0.15, -0.1) is 26.6 Å². The fourth-order valence-corrected chi connectivity index (χ4v) is 3.67. The number of hydrogen-bond acceptors (Lipinski definition) is 8. The number of nitrogens with zero attached hydrogens (tertiary/aromatic N) is 5. The Bertz CT molecular complexity index is 1150. The van der Waals surface area contributed by atoms with Crippen LogP contribution in [0.1, 0.15) is 28.5 Å². The molecule has 142 valence electrons. The molecule has 0 saturated carbocycles. The van der Waals surface area contributed by atoms with E-state index in [9.17, 15) is 4.79 Å². The van der Waals surface area contributed by atoms with Crippen molar-refractivity contribution < 1.29 is 9.53 Å². The molecule has 0 fully saturated rings. The minimum absolute atomic E-state index is 0.156. The quantitative estimate of drug-likeness (QED) is 0.515. The first kappa shape index (κ1) is 18.1.